The number of fused-ring (bicyclic) bond motifs is 5. The number of hydrogen-bond acceptors (Lipinski definition) is 1. The minimum Gasteiger partial charge on any atom is -0.393 e. The summed E-state index contributed by atoms with van der Waals surface area (Å²) in [4.78, 5) is 0. The molecule has 4 rings (SSSR count). The number of aliphatic hydroxyl groups excluding tert-OH is 1. The van der Waals surface area contributed by atoms with E-state index in [9.17, 15) is 5.11 Å². The summed E-state index contributed by atoms with van der Waals surface area (Å²) >= 11 is 2.60. The zero-order chi connectivity index (χ0) is 14.8. The maximum atomic E-state index is 10.0. The van der Waals surface area contributed by atoms with E-state index in [1.807, 2.05) is 0 Å². The Labute approximate surface area is 142 Å². The molecule has 4 aliphatic carbocycles. The molecule has 0 aromatic heterocycles. The largest absolute Gasteiger partial charge is 0.393 e. The highest BCUT2D eigenvalue weighted by Crippen LogP contribution is 2.65. The van der Waals surface area contributed by atoms with Crippen molar-refractivity contribution in [2.24, 2.45) is 28.6 Å². The van der Waals surface area contributed by atoms with Crippen LogP contribution in [-0.2, 0) is 0 Å². The second-order valence-electron chi connectivity index (χ2n) is 8.40. The van der Waals surface area contributed by atoms with Crippen LogP contribution in [0.5, 0.6) is 0 Å². The quantitative estimate of drug-likeness (QED) is 0.437. The third-order valence-corrected chi connectivity index (χ3v) is 9.24. The molecule has 0 heterocycles. The van der Waals surface area contributed by atoms with Gasteiger partial charge in [0.15, 0.2) is 0 Å². The molecule has 0 saturated heterocycles. The van der Waals surface area contributed by atoms with Gasteiger partial charge in [0.2, 0.25) is 0 Å². The molecular formula is C19H27IO. The van der Waals surface area contributed by atoms with Crippen molar-refractivity contribution in [3.8, 4) is 0 Å². The Hall–Kier alpha value is 0.170. The van der Waals surface area contributed by atoms with Crippen LogP contribution in [0.25, 0.3) is 0 Å². The molecule has 0 unspecified atom stereocenters. The molecule has 4 aliphatic rings. The SMILES string of the molecule is C[C@]12CC[C@H](O)CC1=CC[C@@H]1[C@H]2CC[C@]2(C)C(I)=CC[C@H]12. The summed E-state index contributed by atoms with van der Waals surface area (Å²) in [6.45, 7) is 5.03. The Morgan fingerprint density at radius 3 is 2.62 bits per heavy atom. The van der Waals surface area contributed by atoms with Gasteiger partial charge >= 0.3 is 0 Å². The molecule has 0 bridgehead atoms. The average molecular weight is 398 g/mol. The van der Waals surface area contributed by atoms with Crippen LogP contribution in [0.2, 0.25) is 0 Å². The lowest BCUT2D eigenvalue weighted by molar-refractivity contribution is -0.0268. The molecule has 0 aromatic carbocycles. The highest BCUT2D eigenvalue weighted by molar-refractivity contribution is 14.1. The van der Waals surface area contributed by atoms with E-state index in [1.54, 1.807) is 9.15 Å². The van der Waals surface area contributed by atoms with Crippen LogP contribution in [-0.4, -0.2) is 11.2 Å². The molecule has 0 radical (unpaired) electrons. The van der Waals surface area contributed by atoms with E-state index in [0.29, 0.717) is 10.8 Å². The zero-order valence-corrected chi connectivity index (χ0v) is 15.4. The summed E-state index contributed by atoms with van der Waals surface area (Å²) in [5, 5.41) is 10.0. The van der Waals surface area contributed by atoms with Crippen molar-refractivity contribution in [2.45, 2.75) is 64.9 Å². The second kappa shape index (κ2) is 4.83. The van der Waals surface area contributed by atoms with E-state index in [2.05, 4.69) is 48.6 Å². The third kappa shape index (κ3) is 1.97. The van der Waals surface area contributed by atoms with E-state index in [0.717, 1.165) is 30.6 Å². The van der Waals surface area contributed by atoms with Gasteiger partial charge in [-0.05, 0) is 94.3 Å². The third-order valence-electron chi connectivity index (χ3n) is 7.56. The summed E-state index contributed by atoms with van der Waals surface area (Å²) in [5.74, 6) is 2.60. The van der Waals surface area contributed by atoms with E-state index >= 15 is 0 Å². The van der Waals surface area contributed by atoms with Gasteiger partial charge in [0.05, 0.1) is 6.10 Å². The fraction of sp³-hybridized carbons (Fsp3) is 0.789. The first-order valence-electron chi connectivity index (χ1n) is 8.69. The number of allylic oxidation sites excluding steroid dienone is 3. The predicted octanol–water partition coefficient (Wildman–Crippen LogP) is 5.24. The van der Waals surface area contributed by atoms with Crippen LogP contribution < -0.4 is 0 Å². The van der Waals surface area contributed by atoms with Gasteiger partial charge < -0.3 is 5.11 Å². The molecule has 2 saturated carbocycles. The normalized spacial score (nSPS) is 52.4. The Kier molecular flexibility index (Phi) is 3.39. The molecule has 116 valence electrons. The monoisotopic (exact) mass is 398 g/mol. The molecule has 21 heavy (non-hydrogen) atoms. The minimum absolute atomic E-state index is 0.0798. The van der Waals surface area contributed by atoms with E-state index < -0.39 is 0 Å². The Balaban J connectivity index is 1.68. The molecule has 1 nitrogen and oxygen atoms in total. The van der Waals surface area contributed by atoms with Crippen molar-refractivity contribution < 1.29 is 5.11 Å². The van der Waals surface area contributed by atoms with Gasteiger partial charge in [-0.3, -0.25) is 0 Å². The fourth-order valence-electron chi connectivity index (χ4n) is 6.16. The molecule has 2 heteroatoms. The van der Waals surface area contributed by atoms with Crippen LogP contribution >= 0.6 is 22.6 Å². The molecule has 1 N–H and O–H groups in total. The molecule has 0 aliphatic heterocycles. The van der Waals surface area contributed by atoms with Crippen molar-refractivity contribution in [1.29, 1.82) is 0 Å². The van der Waals surface area contributed by atoms with Gasteiger partial charge in [-0.2, -0.15) is 0 Å². The molecular weight excluding hydrogens is 371 g/mol. The number of rotatable bonds is 0. The highest BCUT2D eigenvalue weighted by Gasteiger charge is 2.56. The van der Waals surface area contributed by atoms with Crippen LogP contribution in [0.15, 0.2) is 21.3 Å². The first-order chi connectivity index (χ1) is 9.95. The first kappa shape index (κ1) is 14.7. The minimum atomic E-state index is -0.0798. The van der Waals surface area contributed by atoms with Gasteiger partial charge in [0, 0.05) is 5.41 Å². The maximum Gasteiger partial charge on any atom is 0.0577 e. The summed E-state index contributed by atoms with van der Waals surface area (Å²) in [6, 6.07) is 0. The lowest BCUT2D eigenvalue weighted by Crippen LogP contribution is -2.49. The standard InChI is InChI=1S/C19H27IO/c1-18-9-7-13(21)11-12(18)3-4-14-15-5-6-17(20)19(15,2)10-8-16(14)18/h3,6,13-16,21H,4-5,7-11H2,1-2H3/t13-,14-,15+,16+,18-,19-/m0/s1. The highest BCUT2D eigenvalue weighted by atomic mass is 127. The van der Waals surface area contributed by atoms with Gasteiger partial charge in [0.1, 0.15) is 0 Å². The van der Waals surface area contributed by atoms with Crippen LogP contribution in [0, 0.1) is 28.6 Å². The smallest absolute Gasteiger partial charge is 0.0577 e. The Morgan fingerprint density at radius 1 is 1.05 bits per heavy atom. The molecule has 0 spiro atoms. The van der Waals surface area contributed by atoms with Crippen molar-refractivity contribution in [3.05, 3.63) is 21.3 Å². The van der Waals surface area contributed by atoms with Gasteiger partial charge in [0.25, 0.3) is 0 Å². The van der Waals surface area contributed by atoms with Crippen molar-refractivity contribution in [1.82, 2.24) is 0 Å². The van der Waals surface area contributed by atoms with Gasteiger partial charge in [-0.25, -0.2) is 0 Å². The first-order valence-corrected chi connectivity index (χ1v) is 9.77. The van der Waals surface area contributed by atoms with Gasteiger partial charge in [-0.15, -0.1) is 0 Å². The van der Waals surface area contributed by atoms with Crippen LogP contribution in [0.1, 0.15) is 58.8 Å². The van der Waals surface area contributed by atoms with Crippen LogP contribution in [0.3, 0.4) is 0 Å². The number of halogens is 1. The summed E-state index contributed by atoms with van der Waals surface area (Å²) in [7, 11) is 0. The Bertz CT molecular complexity index is 522. The Morgan fingerprint density at radius 2 is 1.81 bits per heavy atom. The van der Waals surface area contributed by atoms with Crippen LogP contribution in [0.4, 0.5) is 0 Å². The van der Waals surface area contributed by atoms with E-state index in [-0.39, 0.29) is 6.10 Å². The fourth-order valence-corrected chi connectivity index (χ4v) is 7.08. The predicted molar refractivity (Wildman–Crippen MR) is 95.2 cm³/mol. The average Bonchev–Trinajstić information content (AvgIpc) is 2.76. The molecule has 0 amide bonds. The molecule has 6 atom stereocenters. The number of aliphatic hydroxyl groups is 1. The topological polar surface area (TPSA) is 20.2 Å². The maximum absolute atomic E-state index is 10.0. The van der Waals surface area contributed by atoms with E-state index in [1.165, 1.54) is 32.1 Å². The molecule has 2 fully saturated rings. The summed E-state index contributed by atoms with van der Waals surface area (Å²) in [5.41, 5.74) is 2.45. The lowest BCUT2D eigenvalue weighted by atomic mass is 9.48. The van der Waals surface area contributed by atoms with E-state index in [4.69, 9.17) is 0 Å². The van der Waals surface area contributed by atoms with Crippen molar-refractivity contribution >= 4 is 22.6 Å². The second-order valence-corrected chi connectivity index (χ2v) is 9.56. The molecule has 0 aromatic rings. The lowest BCUT2D eigenvalue weighted by Gasteiger charge is -2.57. The van der Waals surface area contributed by atoms with Gasteiger partial charge in [-0.1, -0.05) is 31.6 Å². The van der Waals surface area contributed by atoms with Crippen molar-refractivity contribution in [3.63, 3.8) is 0 Å². The number of hydrogen-bond donors (Lipinski definition) is 1. The summed E-state index contributed by atoms with van der Waals surface area (Å²) < 4.78 is 1.63. The van der Waals surface area contributed by atoms with Crippen molar-refractivity contribution in [2.75, 3.05) is 0 Å². The zero-order valence-electron chi connectivity index (χ0n) is 13.2. The summed E-state index contributed by atoms with van der Waals surface area (Å²) in [6.07, 6.45) is 13.4.